The summed E-state index contributed by atoms with van der Waals surface area (Å²) < 4.78 is 0. The van der Waals surface area contributed by atoms with Crippen LogP contribution < -0.4 is 15.6 Å². The largest absolute Gasteiger partial charge is 0.378 e. The van der Waals surface area contributed by atoms with Gasteiger partial charge in [-0.3, -0.25) is 9.59 Å². The van der Waals surface area contributed by atoms with Gasteiger partial charge in [-0.1, -0.05) is 37.3 Å². The van der Waals surface area contributed by atoms with Gasteiger partial charge in [-0.25, -0.2) is 5.43 Å². The van der Waals surface area contributed by atoms with Crippen LogP contribution in [0.25, 0.3) is 0 Å². The highest BCUT2D eigenvalue weighted by Crippen LogP contribution is 2.15. The molecule has 0 aromatic heterocycles. The van der Waals surface area contributed by atoms with E-state index >= 15 is 0 Å². The fourth-order valence-electron chi connectivity index (χ4n) is 2.20. The van der Waals surface area contributed by atoms with Crippen molar-refractivity contribution >= 4 is 29.4 Å². The van der Waals surface area contributed by atoms with Crippen molar-refractivity contribution < 1.29 is 9.59 Å². The summed E-state index contributed by atoms with van der Waals surface area (Å²) in [6.07, 6.45) is 2.25. The Morgan fingerprint density at radius 3 is 2.36 bits per heavy atom. The number of hydrazone groups is 1. The van der Waals surface area contributed by atoms with Crippen molar-refractivity contribution in [1.82, 2.24) is 5.43 Å². The first-order valence-electron chi connectivity index (χ1n) is 8.01. The molecule has 0 aliphatic carbocycles. The van der Waals surface area contributed by atoms with Gasteiger partial charge in [-0.15, -0.1) is 0 Å². The van der Waals surface area contributed by atoms with E-state index in [9.17, 15) is 9.59 Å². The van der Waals surface area contributed by atoms with Crippen LogP contribution in [0, 0.1) is 0 Å². The second-order valence-electron chi connectivity index (χ2n) is 5.65. The fraction of sp³-hybridized carbons (Fsp3) is 0.211. The van der Waals surface area contributed by atoms with E-state index in [0.29, 0.717) is 5.69 Å². The molecule has 6 heteroatoms. The topological polar surface area (TPSA) is 73.8 Å². The maximum atomic E-state index is 11.9. The van der Waals surface area contributed by atoms with E-state index in [-0.39, 0.29) is 0 Å². The van der Waals surface area contributed by atoms with E-state index in [1.54, 1.807) is 6.07 Å². The summed E-state index contributed by atoms with van der Waals surface area (Å²) >= 11 is 0. The zero-order valence-electron chi connectivity index (χ0n) is 14.6. The Balaban J connectivity index is 1.91. The molecule has 2 N–H and O–H groups in total. The molecule has 6 nitrogen and oxygen atoms in total. The Hall–Kier alpha value is -3.15. The zero-order valence-corrected chi connectivity index (χ0v) is 14.6. The number of nitrogens with zero attached hydrogens (tertiary/aromatic N) is 2. The third kappa shape index (κ3) is 5.17. The minimum Gasteiger partial charge on any atom is -0.378 e. The number of carbonyl (C=O) groups is 2. The number of aryl methyl sites for hydroxylation is 1. The second-order valence-corrected chi connectivity index (χ2v) is 5.65. The van der Waals surface area contributed by atoms with E-state index < -0.39 is 11.8 Å². The quantitative estimate of drug-likeness (QED) is 0.499. The number of nitrogens with one attached hydrogen (secondary N) is 2. The van der Waals surface area contributed by atoms with Crippen LogP contribution in [0.5, 0.6) is 0 Å². The number of anilines is 2. The van der Waals surface area contributed by atoms with Gasteiger partial charge >= 0.3 is 11.8 Å². The summed E-state index contributed by atoms with van der Waals surface area (Å²) in [6, 6.07) is 15.0. The molecule has 0 saturated heterocycles. The molecule has 2 rings (SSSR count). The first-order chi connectivity index (χ1) is 12.0. The summed E-state index contributed by atoms with van der Waals surface area (Å²) in [5, 5.41) is 6.42. The molecule has 2 aromatic rings. The van der Waals surface area contributed by atoms with Crippen molar-refractivity contribution in [2.45, 2.75) is 13.3 Å². The lowest BCUT2D eigenvalue weighted by Crippen LogP contribution is -2.32. The zero-order chi connectivity index (χ0) is 18.2. The maximum absolute atomic E-state index is 11.9. The van der Waals surface area contributed by atoms with E-state index in [1.807, 2.05) is 68.4 Å². The average molecular weight is 338 g/mol. The molecule has 2 aromatic carbocycles. The molecule has 0 atom stereocenters. The Kier molecular flexibility index (Phi) is 6.28. The van der Waals surface area contributed by atoms with Crippen LogP contribution >= 0.6 is 0 Å². The van der Waals surface area contributed by atoms with E-state index in [0.717, 1.165) is 23.2 Å². The third-order valence-electron chi connectivity index (χ3n) is 3.64. The number of rotatable bonds is 5. The van der Waals surface area contributed by atoms with E-state index in [4.69, 9.17) is 0 Å². The van der Waals surface area contributed by atoms with Crippen molar-refractivity contribution in [3.8, 4) is 0 Å². The number of amides is 2. The Bertz CT molecular complexity index is 767. The molecule has 0 radical (unpaired) electrons. The number of carbonyl (C=O) groups excluding carboxylic acids is 2. The van der Waals surface area contributed by atoms with Gasteiger partial charge in [-0.2, -0.15) is 5.10 Å². The molecule has 0 unspecified atom stereocenters. The first kappa shape index (κ1) is 18.2. The highest BCUT2D eigenvalue weighted by molar-refractivity contribution is 6.39. The van der Waals surface area contributed by atoms with Crippen molar-refractivity contribution in [1.29, 1.82) is 0 Å². The Morgan fingerprint density at radius 1 is 1.04 bits per heavy atom. The highest BCUT2D eigenvalue weighted by atomic mass is 16.2. The van der Waals surface area contributed by atoms with Crippen LogP contribution in [-0.4, -0.2) is 32.1 Å². The SMILES string of the molecule is CCc1ccccc1NC(=O)C(=O)NN=Cc1ccc(N(C)C)cc1. The van der Waals surface area contributed by atoms with Crippen LogP contribution in [0.3, 0.4) is 0 Å². The monoisotopic (exact) mass is 338 g/mol. The molecule has 0 spiro atoms. The standard InChI is InChI=1S/C19H22N4O2/c1-4-15-7-5-6-8-17(15)21-18(24)19(25)22-20-13-14-9-11-16(12-10-14)23(2)3/h5-13H,4H2,1-3H3,(H,21,24)(H,22,25). The van der Waals surface area contributed by atoms with Gasteiger partial charge in [-0.05, 0) is 35.7 Å². The summed E-state index contributed by atoms with van der Waals surface area (Å²) in [6.45, 7) is 1.98. The lowest BCUT2D eigenvalue weighted by molar-refractivity contribution is -0.136. The van der Waals surface area contributed by atoms with Gasteiger partial charge in [0, 0.05) is 25.5 Å². The third-order valence-corrected chi connectivity index (χ3v) is 3.64. The molecule has 0 aliphatic rings. The van der Waals surface area contributed by atoms with Crippen molar-refractivity contribution in [3.63, 3.8) is 0 Å². The molecule has 0 heterocycles. The van der Waals surface area contributed by atoms with Gasteiger partial charge in [0.2, 0.25) is 0 Å². The number of hydrogen-bond donors (Lipinski definition) is 2. The molecule has 0 saturated carbocycles. The van der Waals surface area contributed by atoms with Crippen LogP contribution in [0.4, 0.5) is 11.4 Å². The smallest absolute Gasteiger partial charge is 0.329 e. The van der Waals surface area contributed by atoms with Gasteiger partial charge < -0.3 is 10.2 Å². The summed E-state index contributed by atoms with van der Waals surface area (Å²) in [5.41, 5.74) is 5.72. The van der Waals surface area contributed by atoms with E-state index in [1.165, 1.54) is 6.21 Å². The molecular formula is C19H22N4O2. The van der Waals surface area contributed by atoms with Gasteiger partial charge in [0.05, 0.1) is 6.21 Å². The van der Waals surface area contributed by atoms with Crippen molar-refractivity contribution in [3.05, 3.63) is 59.7 Å². The Morgan fingerprint density at radius 2 is 1.72 bits per heavy atom. The summed E-state index contributed by atoms with van der Waals surface area (Å²) in [4.78, 5) is 25.8. The van der Waals surface area contributed by atoms with Crippen LogP contribution in [0.1, 0.15) is 18.1 Å². The predicted octanol–water partition coefficient (Wildman–Crippen LogP) is 2.40. The van der Waals surface area contributed by atoms with E-state index in [2.05, 4.69) is 15.8 Å². The van der Waals surface area contributed by atoms with Crippen LogP contribution in [0.15, 0.2) is 53.6 Å². The average Bonchev–Trinajstić information content (AvgIpc) is 2.62. The van der Waals surface area contributed by atoms with Crippen molar-refractivity contribution in [2.24, 2.45) is 5.10 Å². The maximum Gasteiger partial charge on any atom is 0.329 e. The molecular weight excluding hydrogens is 316 g/mol. The molecule has 0 fully saturated rings. The number of para-hydroxylation sites is 1. The van der Waals surface area contributed by atoms with Crippen LogP contribution in [-0.2, 0) is 16.0 Å². The van der Waals surface area contributed by atoms with Gasteiger partial charge in [0.1, 0.15) is 0 Å². The molecule has 2 amide bonds. The second kappa shape index (κ2) is 8.63. The summed E-state index contributed by atoms with van der Waals surface area (Å²) in [7, 11) is 3.91. The highest BCUT2D eigenvalue weighted by Gasteiger charge is 2.14. The first-order valence-corrected chi connectivity index (χ1v) is 8.01. The number of hydrogen-bond acceptors (Lipinski definition) is 4. The van der Waals surface area contributed by atoms with Crippen molar-refractivity contribution in [2.75, 3.05) is 24.3 Å². The molecule has 130 valence electrons. The predicted molar refractivity (Wildman–Crippen MR) is 101 cm³/mol. The lowest BCUT2D eigenvalue weighted by Gasteiger charge is -2.11. The minimum absolute atomic E-state index is 0.633. The van der Waals surface area contributed by atoms with Crippen LogP contribution in [0.2, 0.25) is 0 Å². The summed E-state index contributed by atoms with van der Waals surface area (Å²) in [5.74, 6) is -1.56. The van der Waals surface area contributed by atoms with Gasteiger partial charge in [0.15, 0.2) is 0 Å². The minimum atomic E-state index is -0.813. The molecule has 25 heavy (non-hydrogen) atoms. The normalized spacial score (nSPS) is 10.5. The lowest BCUT2D eigenvalue weighted by atomic mass is 10.1. The Labute approximate surface area is 147 Å². The van der Waals surface area contributed by atoms with Gasteiger partial charge in [0.25, 0.3) is 0 Å². The fourth-order valence-corrected chi connectivity index (χ4v) is 2.20. The molecule has 0 aliphatic heterocycles. The molecule has 0 bridgehead atoms. The number of benzene rings is 2.